The van der Waals surface area contributed by atoms with Crippen molar-refractivity contribution in [3.63, 3.8) is 0 Å². The second-order valence-corrected chi connectivity index (χ2v) is 4.91. The van der Waals surface area contributed by atoms with Crippen molar-refractivity contribution >= 4 is 10.1 Å². The Labute approximate surface area is 110 Å². The summed E-state index contributed by atoms with van der Waals surface area (Å²) in [5.74, 6) is -0.194. The van der Waals surface area contributed by atoms with Crippen molar-refractivity contribution in [2.75, 3.05) is 5.75 Å². The van der Waals surface area contributed by atoms with Gasteiger partial charge in [-0.1, -0.05) is 45.4 Å². The standard InChI is InChI=1S/C9H20O3S.Na/c1-2-3-4-5-6-7-8-9-13(10,11)12;/h2-9H2,1H3,(H,10,11,12);/q;+1/p-1. The SMILES string of the molecule is CCCCCCCCCS(=O)(=O)[O-].[Na+]. The molecule has 0 heterocycles. The third-order valence-corrected chi connectivity index (χ3v) is 2.79. The molecule has 3 nitrogen and oxygen atoms in total. The smallest absolute Gasteiger partial charge is 0.748 e. The molecule has 0 amide bonds. The van der Waals surface area contributed by atoms with Crippen LogP contribution >= 0.6 is 0 Å². The Hall–Kier alpha value is 0.910. The van der Waals surface area contributed by atoms with Crippen LogP contribution in [-0.2, 0) is 10.1 Å². The van der Waals surface area contributed by atoms with Crippen molar-refractivity contribution in [3.05, 3.63) is 0 Å². The summed E-state index contributed by atoms with van der Waals surface area (Å²) in [7, 11) is -3.97. The monoisotopic (exact) mass is 230 g/mol. The van der Waals surface area contributed by atoms with E-state index >= 15 is 0 Å². The zero-order chi connectivity index (χ0) is 10.2. The molecule has 5 heteroatoms. The average molecular weight is 230 g/mol. The van der Waals surface area contributed by atoms with E-state index in [1.807, 2.05) is 0 Å². The van der Waals surface area contributed by atoms with Gasteiger partial charge in [0.2, 0.25) is 0 Å². The number of hydrogen-bond donors (Lipinski definition) is 0. The molecule has 0 rings (SSSR count). The molecule has 0 bridgehead atoms. The fourth-order valence-corrected chi connectivity index (χ4v) is 1.79. The van der Waals surface area contributed by atoms with E-state index < -0.39 is 10.1 Å². The van der Waals surface area contributed by atoms with Gasteiger partial charge in [0.25, 0.3) is 0 Å². The van der Waals surface area contributed by atoms with Crippen LogP contribution in [0.25, 0.3) is 0 Å². The second-order valence-electron chi connectivity index (χ2n) is 3.38. The van der Waals surface area contributed by atoms with E-state index in [9.17, 15) is 13.0 Å². The predicted octanol–water partition coefficient (Wildman–Crippen LogP) is -0.714. The van der Waals surface area contributed by atoms with Crippen LogP contribution in [-0.4, -0.2) is 18.7 Å². The number of unbranched alkanes of at least 4 members (excludes halogenated alkanes) is 6. The van der Waals surface area contributed by atoms with E-state index in [-0.39, 0.29) is 35.3 Å². The van der Waals surface area contributed by atoms with Crippen LogP contribution in [0, 0.1) is 0 Å². The van der Waals surface area contributed by atoms with Crippen LogP contribution < -0.4 is 29.6 Å². The van der Waals surface area contributed by atoms with Crippen LogP contribution in [0.4, 0.5) is 0 Å². The van der Waals surface area contributed by atoms with Gasteiger partial charge in [0.05, 0.1) is 10.1 Å². The van der Waals surface area contributed by atoms with Crippen molar-refractivity contribution in [2.45, 2.75) is 51.9 Å². The van der Waals surface area contributed by atoms with Crippen molar-refractivity contribution in [3.8, 4) is 0 Å². The quantitative estimate of drug-likeness (QED) is 0.314. The molecule has 0 spiro atoms. The van der Waals surface area contributed by atoms with E-state index in [1.54, 1.807) is 0 Å². The molecule has 0 unspecified atom stereocenters. The molecule has 0 aromatic carbocycles. The first-order chi connectivity index (χ1) is 6.06. The van der Waals surface area contributed by atoms with Gasteiger partial charge in [0, 0.05) is 5.75 Å². The molecule has 0 aliphatic carbocycles. The first-order valence-corrected chi connectivity index (χ1v) is 6.57. The Balaban J connectivity index is 0. The molecule has 0 fully saturated rings. The zero-order valence-electron chi connectivity index (χ0n) is 9.29. The molecular formula is C9H19NaO3S. The Morgan fingerprint density at radius 2 is 1.36 bits per heavy atom. The Morgan fingerprint density at radius 3 is 1.79 bits per heavy atom. The van der Waals surface area contributed by atoms with Gasteiger partial charge < -0.3 is 4.55 Å². The summed E-state index contributed by atoms with van der Waals surface area (Å²) >= 11 is 0. The van der Waals surface area contributed by atoms with Gasteiger partial charge in [0.15, 0.2) is 0 Å². The van der Waals surface area contributed by atoms with Crippen molar-refractivity contribution in [1.29, 1.82) is 0 Å². The van der Waals surface area contributed by atoms with E-state index in [4.69, 9.17) is 0 Å². The molecular weight excluding hydrogens is 211 g/mol. The van der Waals surface area contributed by atoms with Crippen LogP contribution in [0.5, 0.6) is 0 Å². The maximum atomic E-state index is 10.2. The molecule has 0 saturated carbocycles. The summed E-state index contributed by atoms with van der Waals surface area (Å²) in [6, 6.07) is 0. The van der Waals surface area contributed by atoms with Crippen LogP contribution in [0.2, 0.25) is 0 Å². The van der Waals surface area contributed by atoms with Gasteiger partial charge in [-0.15, -0.1) is 0 Å². The van der Waals surface area contributed by atoms with E-state index in [1.165, 1.54) is 19.3 Å². The average Bonchev–Trinajstić information content (AvgIpc) is 2.01. The molecule has 0 radical (unpaired) electrons. The zero-order valence-corrected chi connectivity index (χ0v) is 12.1. The van der Waals surface area contributed by atoms with E-state index in [0.29, 0.717) is 6.42 Å². The van der Waals surface area contributed by atoms with Crippen molar-refractivity contribution < 1.29 is 42.5 Å². The van der Waals surface area contributed by atoms with Gasteiger partial charge in [-0.2, -0.15) is 0 Å². The third-order valence-electron chi connectivity index (χ3n) is 2.00. The number of hydrogen-bond acceptors (Lipinski definition) is 3. The normalized spacial score (nSPS) is 11.0. The minimum atomic E-state index is -3.97. The Morgan fingerprint density at radius 1 is 0.929 bits per heavy atom. The topological polar surface area (TPSA) is 57.2 Å². The first kappa shape index (κ1) is 17.3. The molecule has 0 saturated heterocycles. The van der Waals surface area contributed by atoms with Gasteiger partial charge >= 0.3 is 29.6 Å². The summed E-state index contributed by atoms with van der Waals surface area (Å²) in [4.78, 5) is 0. The summed E-state index contributed by atoms with van der Waals surface area (Å²) < 4.78 is 30.6. The molecule has 0 aromatic rings. The van der Waals surface area contributed by atoms with E-state index in [0.717, 1.165) is 19.3 Å². The van der Waals surface area contributed by atoms with Gasteiger partial charge in [-0.05, 0) is 6.42 Å². The molecule has 14 heavy (non-hydrogen) atoms. The Kier molecular flexibility index (Phi) is 12.9. The van der Waals surface area contributed by atoms with Crippen LogP contribution in [0.1, 0.15) is 51.9 Å². The van der Waals surface area contributed by atoms with Crippen LogP contribution in [0.3, 0.4) is 0 Å². The fraction of sp³-hybridized carbons (Fsp3) is 1.00. The predicted molar refractivity (Wildman–Crippen MR) is 52.6 cm³/mol. The molecule has 0 aromatic heterocycles. The fourth-order valence-electron chi connectivity index (χ4n) is 1.24. The minimum Gasteiger partial charge on any atom is -0.748 e. The van der Waals surface area contributed by atoms with Crippen molar-refractivity contribution in [2.24, 2.45) is 0 Å². The maximum absolute atomic E-state index is 10.2. The summed E-state index contributed by atoms with van der Waals surface area (Å²) in [6.07, 6.45) is 7.29. The summed E-state index contributed by atoms with van der Waals surface area (Å²) in [5, 5.41) is 0. The number of rotatable bonds is 8. The summed E-state index contributed by atoms with van der Waals surface area (Å²) in [5.41, 5.74) is 0. The Bertz CT molecular complexity index is 202. The van der Waals surface area contributed by atoms with Gasteiger partial charge in [0.1, 0.15) is 0 Å². The van der Waals surface area contributed by atoms with Gasteiger partial charge in [-0.3, -0.25) is 0 Å². The minimum absolute atomic E-state index is 0. The molecule has 0 aliphatic heterocycles. The third kappa shape index (κ3) is 15.4. The van der Waals surface area contributed by atoms with Gasteiger partial charge in [-0.25, -0.2) is 8.42 Å². The summed E-state index contributed by atoms with van der Waals surface area (Å²) in [6.45, 7) is 2.16. The van der Waals surface area contributed by atoms with Crippen LogP contribution in [0.15, 0.2) is 0 Å². The molecule has 0 aliphatic rings. The molecule has 0 N–H and O–H groups in total. The maximum Gasteiger partial charge on any atom is 1.00 e. The molecule has 0 atom stereocenters. The largest absolute Gasteiger partial charge is 1.00 e. The second kappa shape index (κ2) is 10.4. The van der Waals surface area contributed by atoms with E-state index in [2.05, 4.69) is 6.92 Å². The molecule has 80 valence electrons. The van der Waals surface area contributed by atoms with Crippen molar-refractivity contribution in [1.82, 2.24) is 0 Å². The first-order valence-electron chi connectivity index (χ1n) is 5.00.